The standard InChI is InChI=1S/C22H20FN3O5/c1-3-30-22(29)15-4-8-17(9-5-15)24-21(28)14(2)31-19-12-13-20(27)26(25-19)18-10-6-16(23)7-11-18/h4-14H,3H2,1-2H3,(H,24,28). The predicted octanol–water partition coefficient (Wildman–Crippen LogP) is 2.95. The number of carbonyl (C=O) groups excluding carboxylic acids is 2. The van der Waals surface area contributed by atoms with Crippen LogP contribution in [-0.2, 0) is 9.53 Å². The summed E-state index contributed by atoms with van der Waals surface area (Å²) in [4.78, 5) is 36.2. The van der Waals surface area contributed by atoms with Crippen molar-refractivity contribution in [2.24, 2.45) is 0 Å². The number of nitrogens with one attached hydrogen (secondary N) is 1. The molecule has 3 aromatic rings. The Morgan fingerprint density at radius 3 is 2.39 bits per heavy atom. The van der Waals surface area contributed by atoms with Gasteiger partial charge >= 0.3 is 5.97 Å². The fourth-order valence-electron chi connectivity index (χ4n) is 2.61. The summed E-state index contributed by atoms with van der Waals surface area (Å²) in [6, 6.07) is 14.0. The summed E-state index contributed by atoms with van der Waals surface area (Å²) in [5.41, 5.74) is 0.766. The molecule has 0 aliphatic rings. The van der Waals surface area contributed by atoms with Crippen molar-refractivity contribution in [3.05, 3.63) is 82.4 Å². The van der Waals surface area contributed by atoms with Crippen LogP contribution < -0.4 is 15.6 Å². The van der Waals surface area contributed by atoms with Gasteiger partial charge in [-0.15, -0.1) is 5.10 Å². The van der Waals surface area contributed by atoms with Crippen LogP contribution in [0, 0.1) is 5.82 Å². The molecule has 0 bridgehead atoms. The molecule has 0 radical (unpaired) electrons. The van der Waals surface area contributed by atoms with Gasteiger partial charge in [-0.25, -0.2) is 9.18 Å². The normalized spacial score (nSPS) is 11.5. The molecule has 0 aliphatic carbocycles. The van der Waals surface area contributed by atoms with Crippen LogP contribution in [0.5, 0.6) is 5.88 Å². The SMILES string of the molecule is CCOC(=O)c1ccc(NC(=O)C(C)Oc2ccc(=O)n(-c3ccc(F)cc3)n2)cc1. The van der Waals surface area contributed by atoms with Crippen molar-refractivity contribution < 1.29 is 23.5 Å². The van der Waals surface area contributed by atoms with E-state index in [4.69, 9.17) is 9.47 Å². The van der Waals surface area contributed by atoms with E-state index in [1.54, 1.807) is 31.2 Å². The van der Waals surface area contributed by atoms with Crippen LogP contribution in [0.2, 0.25) is 0 Å². The maximum absolute atomic E-state index is 13.1. The number of rotatable bonds is 7. The summed E-state index contributed by atoms with van der Waals surface area (Å²) in [6.07, 6.45) is -0.934. The molecular weight excluding hydrogens is 405 g/mol. The van der Waals surface area contributed by atoms with Crippen molar-refractivity contribution in [3.8, 4) is 11.6 Å². The summed E-state index contributed by atoms with van der Waals surface area (Å²) < 4.78 is 24.6. The number of halogens is 1. The first-order chi connectivity index (χ1) is 14.9. The lowest BCUT2D eigenvalue weighted by molar-refractivity contribution is -0.122. The number of ether oxygens (including phenoxy) is 2. The van der Waals surface area contributed by atoms with Crippen LogP contribution in [0.15, 0.2) is 65.5 Å². The summed E-state index contributed by atoms with van der Waals surface area (Å²) in [7, 11) is 0. The molecule has 160 valence electrons. The quantitative estimate of drug-likeness (QED) is 0.585. The van der Waals surface area contributed by atoms with E-state index in [-0.39, 0.29) is 12.5 Å². The van der Waals surface area contributed by atoms with E-state index >= 15 is 0 Å². The fraction of sp³-hybridized carbons (Fsp3) is 0.182. The van der Waals surface area contributed by atoms with Gasteiger partial charge in [-0.05, 0) is 62.4 Å². The van der Waals surface area contributed by atoms with Crippen LogP contribution in [-0.4, -0.2) is 34.4 Å². The molecule has 0 fully saturated rings. The number of hydrogen-bond donors (Lipinski definition) is 1. The monoisotopic (exact) mass is 425 g/mol. The molecule has 31 heavy (non-hydrogen) atoms. The minimum atomic E-state index is -0.934. The van der Waals surface area contributed by atoms with Gasteiger partial charge in [-0.3, -0.25) is 9.59 Å². The average Bonchev–Trinajstić information content (AvgIpc) is 2.76. The van der Waals surface area contributed by atoms with Crippen molar-refractivity contribution in [1.29, 1.82) is 0 Å². The number of carbonyl (C=O) groups is 2. The number of esters is 1. The fourth-order valence-corrected chi connectivity index (χ4v) is 2.61. The summed E-state index contributed by atoms with van der Waals surface area (Å²) in [5.74, 6) is -1.29. The first-order valence-corrected chi connectivity index (χ1v) is 9.48. The summed E-state index contributed by atoms with van der Waals surface area (Å²) in [5, 5.41) is 6.75. The number of aromatic nitrogens is 2. The third kappa shape index (κ3) is 5.53. The van der Waals surface area contributed by atoms with E-state index < -0.39 is 29.4 Å². The molecule has 1 N–H and O–H groups in total. The molecular formula is C22H20FN3O5. The first-order valence-electron chi connectivity index (χ1n) is 9.48. The Bertz CT molecular complexity index is 1130. The average molecular weight is 425 g/mol. The van der Waals surface area contributed by atoms with E-state index in [1.807, 2.05) is 0 Å². The maximum atomic E-state index is 13.1. The van der Waals surface area contributed by atoms with E-state index in [0.29, 0.717) is 16.9 Å². The minimum absolute atomic E-state index is 0.0456. The molecule has 9 heteroatoms. The Morgan fingerprint density at radius 1 is 1.06 bits per heavy atom. The van der Waals surface area contributed by atoms with E-state index in [2.05, 4.69) is 10.4 Å². The Morgan fingerprint density at radius 2 is 1.74 bits per heavy atom. The lowest BCUT2D eigenvalue weighted by Crippen LogP contribution is -2.31. The zero-order chi connectivity index (χ0) is 22.4. The van der Waals surface area contributed by atoms with Gasteiger partial charge in [0, 0.05) is 17.8 Å². The molecule has 8 nitrogen and oxygen atoms in total. The van der Waals surface area contributed by atoms with Gasteiger partial charge in [0.25, 0.3) is 11.5 Å². The van der Waals surface area contributed by atoms with Gasteiger partial charge in [0.15, 0.2) is 6.10 Å². The highest BCUT2D eigenvalue weighted by Gasteiger charge is 2.17. The Kier molecular flexibility index (Phi) is 6.76. The second-order valence-corrected chi connectivity index (χ2v) is 6.45. The molecule has 0 aliphatic heterocycles. The highest BCUT2D eigenvalue weighted by atomic mass is 19.1. The smallest absolute Gasteiger partial charge is 0.338 e. The molecule has 1 heterocycles. The lowest BCUT2D eigenvalue weighted by Gasteiger charge is -2.15. The van der Waals surface area contributed by atoms with Crippen molar-refractivity contribution in [3.63, 3.8) is 0 Å². The highest BCUT2D eigenvalue weighted by molar-refractivity contribution is 5.95. The lowest BCUT2D eigenvalue weighted by atomic mass is 10.2. The van der Waals surface area contributed by atoms with Crippen molar-refractivity contribution in [2.75, 3.05) is 11.9 Å². The largest absolute Gasteiger partial charge is 0.463 e. The highest BCUT2D eigenvalue weighted by Crippen LogP contribution is 2.13. The predicted molar refractivity (Wildman–Crippen MR) is 111 cm³/mol. The molecule has 1 aromatic heterocycles. The molecule has 1 amide bonds. The first kappa shape index (κ1) is 21.7. The topological polar surface area (TPSA) is 99.5 Å². The van der Waals surface area contributed by atoms with Crippen LogP contribution in [0.4, 0.5) is 10.1 Å². The van der Waals surface area contributed by atoms with Gasteiger partial charge in [0.2, 0.25) is 5.88 Å². The third-order valence-electron chi connectivity index (χ3n) is 4.18. The number of hydrogen-bond acceptors (Lipinski definition) is 6. The maximum Gasteiger partial charge on any atom is 0.338 e. The van der Waals surface area contributed by atoms with E-state index in [1.165, 1.54) is 43.3 Å². The second kappa shape index (κ2) is 9.66. The molecule has 1 atom stereocenters. The molecule has 0 saturated carbocycles. The van der Waals surface area contributed by atoms with Gasteiger partial charge < -0.3 is 14.8 Å². The molecule has 3 rings (SSSR count). The minimum Gasteiger partial charge on any atom is -0.463 e. The van der Waals surface area contributed by atoms with Gasteiger partial charge in [-0.1, -0.05) is 0 Å². The summed E-state index contributed by atoms with van der Waals surface area (Å²) in [6.45, 7) is 3.51. The van der Waals surface area contributed by atoms with E-state index in [9.17, 15) is 18.8 Å². The van der Waals surface area contributed by atoms with Crippen molar-refractivity contribution >= 4 is 17.6 Å². The van der Waals surface area contributed by atoms with Crippen LogP contribution in [0.1, 0.15) is 24.2 Å². The Balaban J connectivity index is 1.67. The van der Waals surface area contributed by atoms with Crippen LogP contribution >= 0.6 is 0 Å². The number of amides is 1. The van der Waals surface area contributed by atoms with Crippen molar-refractivity contribution in [2.45, 2.75) is 20.0 Å². The second-order valence-electron chi connectivity index (χ2n) is 6.45. The molecule has 2 aromatic carbocycles. The molecule has 1 unspecified atom stereocenters. The Labute approximate surface area is 177 Å². The number of anilines is 1. The van der Waals surface area contributed by atoms with Crippen LogP contribution in [0.25, 0.3) is 5.69 Å². The molecule has 0 spiro atoms. The zero-order valence-electron chi connectivity index (χ0n) is 16.9. The number of nitrogens with zero attached hydrogens (tertiary/aromatic N) is 2. The third-order valence-corrected chi connectivity index (χ3v) is 4.18. The van der Waals surface area contributed by atoms with E-state index in [0.717, 1.165) is 4.68 Å². The van der Waals surface area contributed by atoms with Crippen molar-refractivity contribution in [1.82, 2.24) is 9.78 Å². The summed E-state index contributed by atoms with van der Waals surface area (Å²) >= 11 is 0. The zero-order valence-corrected chi connectivity index (χ0v) is 16.9. The molecule has 0 saturated heterocycles. The van der Waals surface area contributed by atoms with Gasteiger partial charge in [0.1, 0.15) is 5.82 Å². The Hall–Kier alpha value is -4.01. The van der Waals surface area contributed by atoms with Gasteiger partial charge in [0.05, 0.1) is 17.9 Å². The van der Waals surface area contributed by atoms with Gasteiger partial charge in [-0.2, -0.15) is 4.68 Å². The number of benzene rings is 2. The van der Waals surface area contributed by atoms with Crippen LogP contribution in [0.3, 0.4) is 0 Å².